The summed E-state index contributed by atoms with van der Waals surface area (Å²) in [5.41, 5.74) is 3.53. The Bertz CT molecular complexity index is 1660. The van der Waals surface area contributed by atoms with Crippen molar-refractivity contribution in [1.82, 2.24) is 4.98 Å². The van der Waals surface area contributed by atoms with E-state index in [1.54, 1.807) is 31.6 Å². The summed E-state index contributed by atoms with van der Waals surface area (Å²) in [6.07, 6.45) is 9.87. The number of fused-ring (bicyclic) bond motifs is 3. The lowest BCUT2D eigenvalue weighted by Crippen LogP contribution is -2.27. The molecule has 3 heterocycles. The molecule has 202 valence electrons. The van der Waals surface area contributed by atoms with Crippen LogP contribution in [-0.2, 0) is 13.0 Å². The lowest BCUT2D eigenvalue weighted by molar-refractivity contribution is 0.158. The van der Waals surface area contributed by atoms with Gasteiger partial charge in [-0.3, -0.25) is 9.78 Å². The first-order chi connectivity index (χ1) is 18.7. The van der Waals surface area contributed by atoms with Crippen LogP contribution in [0.3, 0.4) is 0 Å². The molecular weight excluding hydrogens is 494 g/mol. The normalized spacial score (nSPS) is 13.6. The molecule has 0 fully saturated rings. The number of methoxy groups -OCH3 is 1. The van der Waals surface area contributed by atoms with Gasteiger partial charge in [-0.25, -0.2) is 0 Å². The molecule has 0 spiro atoms. The molecule has 1 aliphatic rings. The average Bonchev–Trinajstić information content (AvgIpc) is 2.89. The molecule has 39 heavy (non-hydrogen) atoms. The van der Waals surface area contributed by atoms with Crippen molar-refractivity contribution in [3.8, 4) is 23.0 Å². The van der Waals surface area contributed by atoms with Crippen molar-refractivity contribution in [2.75, 3.05) is 13.7 Å². The van der Waals surface area contributed by atoms with E-state index in [4.69, 9.17) is 23.4 Å². The van der Waals surface area contributed by atoms with E-state index in [0.717, 1.165) is 11.1 Å². The van der Waals surface area contributed by atoms with E-state index < -0.39 is 5.60 Å². The molecule has 4 aromatic rings. The number of aromatic nitrogens is 1. The minimum atomic E-state index is -0.521. The average molecular weight is 528 g/mol. The molecule has 2 aromatic carbocycles. The maximum Gasteiger partial charge on any atom is 0.204 e. The fraction of sp³-hybridized carbons (Fsp3) is 0.312. The Morgan fingerprint density at radius 1 is 1.05 bits per heavy atom. The van der Waals surface area contributed by atoms with Crippen LogP contribution >= 0.6 is 0 Å². The third kappa shape index (κ3) is 5.09. The first-order valence-corrected chi connectivity index (χ1v) is 13.1. The predicted molar refractivity (Wildman–Crippen MR) is 153 cm³/mol. The number of benzene rings is 2. The third-order valence-corrected chi connectivity index (χ3v) is 6.60. The third-order valence-electron chi connectivity index (χ3n) is 6.60. The van der Waals surface area contributed by atoms with Gasteiger partial charge in [0.05, 0.1) is 24.7 Å². The minimum absolute atomic E-state index is 0.199. The molecule has 0 saturated carbocycles. The van der Waals surface area contributed by atoms with Gasteiger partial charge >= 0.3 is 0 Å². The second-order valence-corrected chi connectivity index (χ2v) is 10.3. The van der Waals surface area contributed by atoms with Crippen LogP contribution in [0.4, 0.5) is 0 Å². The number of hydrogen-bond acceptors (Lipinski definition) is 7. The Labute approximate surface area is 227 Å². The van der Waals surface area contributed by atoms with E-state index in [2.05, 4.69) is 11.1 Å². The van der Waals surface area contributed by atoms with Crippen LogP contribution in [0.15, 0.2) is 63.6 Å². The lowest BCUT2D eigenvalue weighted by Gasteiger charge is -2.29. The van der Waals surface area contributed by atoms with Gasteiger partial charge in [-0.15, -0.1) is 0 Å². The van der Waals surface area contributed by atoms with Gasteiger partial charge in [0.1, 0.15) is 40.3 Å². The molecule has 0 unspecified atom stereocenters. The molecule has 2 aromatic heterocycles. The molecule has 5 rings (SSSR count). The SMILES string of the molecule is CCOc1cc2oc3cc4c(c(OCc5ccncc5)c3c(=O)c2c(CC=C(C)C)c1OC)C=CC(C)(C)O4. The van der Waals surface area contributed by atoms with Crippen LogP contribution in [-0.4, -0.2) is 24.3 Å². The van der Waals surface area contributed by atoms with Gasteiger partial charge in [0.15, 0.2) is 11.5 Å². The number of nitrogens with zero attached hydrogens (tertiary/aromatic N) is 1. The molecule has 0 amide bonds. The van der Waals surface area contributed by atoms with Gasteiger partial charge in [0, 0.05) is 30.1 Å². The van der Waals surface area contributed by atoms with Gasteiger partial charge in [0.2, 0.25) is 5.43 Å². The maximum atomic E-state index is 14.4. The van der Waals surface area contributed by atoms with E-state index in [9.17, 15) is 4.79 Å². The van der Waals surface area contributed by atoms with Crippen LogP contribution in [0.5, 0.6) is 23.0 Å². The van der Waals surface area contributed by atoms with Crippen molar-refractivity contribution < 1.29 is 23.4 Å². The first kappa shape index (κ1) is 26.4. The molecule has 0 N–H and O–H groups in total. The van der Waals surface area contributed by atoms with Crippen molar-refractivity contribution in [2.24, 2.45) is 0 Å². The summed E-state index contributed by atoms with van der Waals surface area (Å²) in [4.78, 5) is 18.5. The number of pyridine rings is 1. The Morgan fingerprint density at radius 2 is 1.79 bits per heavy atom. The topological polar surface area (TPSA) is 80.0 Å². The Kier molecular flexibility index (Phi) is 7.08. The van der Waals surface area contributed by atoms with Crippen molar-refractivity contribution in [3.63, 3.8) is 0 Å². The molecular formula is C32H33NO6. The largest absolute Gasteiger partial charge is 0.493 e. The molecule has 7 nitrogen and oxygen atoms in total. The van der Waals surface area contributed by atoms with Gasteiger partial charge in [-0.2, -0.15) is 0 Å². The fourth-order valence-corrected chi connectivity index (χ4v) is 4.78. The summed E-state index contributed by atoms with van der Waals surface area (Å²) < 4.78 is 30.8. The minimum Gasteiger partial charge on any atom is -0.493 e. The van der Waals surface area contributed by atoms with Gasteiger partial charge < -0.3 is 23.4 Å². The van der Waals surface area contributed by atoms with E-state index in [-0.39, 0.29) is 12.0 Å². The van der Waals surface area contributed by atoms with E-state index in [0.29, 0.717) is 69.1 Å². The maximum absolute atomic E-state index is 14.4. The Hall–Kier alpha value is -4.26. The highest BCUT2D eigenvalue weighted by Gasteiger charge is 2.29. The van der Waals surface area contributed by atoms with E-state index in [1.165, 1.54) is 0 Å². The summed E-state index contributed by atoms with van der Waals surface area (Å²) in [6.45, 7) is 10.6. The second-order valence-electron chi connectivity index (χ2n) is 10.3. The number of ether oxygens (including phenoxy) is 4. The van der Waals surface area contributed by atoms with Crippen molar-refractivity contribution in [3.05, 3.63) is 81.3 Å². The van der Waals surface area contributed by atoms with Crippen molar-refractivity contribution in [1.29, 1.82) is 0 Å². The molecule has 0 aliphatic carbocycles. The number of rotatable bonds is 8. The number of allylic oxidation sites excluding steroid dienone is 2. The van der Waals surface area contributed by atoms with Crippen LogP contribution in [0.1, 0.15) is 51.3 Å². The zero-order chi connectivity index (χ0) is 27.7. The molecule has 0 bridgehead atoms. The van der Waals surface area contributed by atoms with Crippen molar-refractivity contribution >= 4 is 28.0 Å². The number of hydrogen-bond donors (Lipinski definition) is 0. The zero-order valence-corrected chi connectivity index (χ0v) is 23.2. The zero-order valence-electron chi connectivity index (χ0n) is 23.2. The molecule has 0 atom stereocenters. The molecule has 0 saturated heterocycles. The van der Waals surface area contributed by atoms with Crippen LogP contribution in [0.2, 0.25) is 0 Å². The fourth-order valence-electron chi connectivity index (χ4n) is 4.78. The summed E-state index contributed by atoms with van der Waals surface area (Å²) in [5, 5.41) is 0.794. The van der Waals surface area contributed by atoms with Crippen molar-refractivity contribution in [2.45, 2.75) is 53.2 Å². The molecule has 1 aliphatic heterocycles. The highest BCUT2D eigenvalue weighted by Crippen LogP contribution is 2.44. The predicted octanol–water partition coefficient (Wildman–Crippen LogP) is 7.02. The smallest absolute Gasteiger partial charge is 0.204 e. The van der Waals surface area contributed by atoms with Crippen LogP contribution in [0.25, 0.3) is 28.0 Å². The monoisotopic (exact) mass is 527 g/mol. The van der Waals surface area contributed by atoms with Gasteiger partial charge in [-0.05, 0) is 70.9 Å². The highest BCUT2D eigenvalue weighted by atomic mass is 16.5. The molecule has 0 radical (unpaired) electrons. The standard InChI is InChI=1S/C32H33NO6/c1-7-36-26-17-24-27(22(30(26)35-6)9-8-19(2)3)29(34)28-25(38-24)16-23-21(10-13-32(4,5)39-23)31(28)37-18-20-11-14-33-15-12-20/h8,10-17H,7,9,18H2,1-6H3. The quantitative estimate of drug-likeness (QED) is 0.180. The van der Waals surface area contributed by atoms with Crippen LogP contribution in [0, 0.1) is 0 Å². The Morgan fingerprint density at radius 3 is 2.49 bits per heavy atom. The summed E-state index contributed by atoms with van der Waals surface area (Å²) >= 11 is 0. The summed E-state index contributed by atoms with van der Waals surface area (Å²) in [6, 6.07) is 7.26. The van der Waals surface area contributed by atoms with E-state index in [1.807, 2.05) is 58.9 Å². The lowest BCUT2D eigenvalue weighted by atomic mass is 9.97. The van der Waals surface area contributed by atoms with Gasteiger partial charge in [0.25, 0.3) is 0 Å². The highest BCUT2D eigenvalue weighted by molar-refractivity contribution is 5.99. The second kappa shape index (κ2) is 10.5. The van der Waals surface area contributed by atoms with Crippen LogP contribution < -0.4 is 24.4 Å². The molecule has 7 heteroatoms. The summed E-state index contributed by atoms with van der Waals surface area (Å²) in [5.74, 6) is 2.06. The Balaban J connectivity index is 1.84. The van der Waals surface area contributed by atoms with Gasteiger partial charge in [-0.1, -0.05) is 11.6 Å². The summed E-state index contributed by atoms with van der Waals surface area (Å²) in [7, 11) is 1.59. The van der Waals surface area contributed by atoms with E-state index >= 15 is 0 Å². The first-order valence-electron chi connectivity index (χ1n) is 13.1.